The van der Waals surface area contributed by atoms with Gasteiger partial charge >= 0.3 is 6.03 Å². The standard InChI is InChI=1S/C20H30N4O2S/c1-5-9-10-11-16-21-22-18(27-16)24-17(25)12-15-23(19(24)26)20(8-4,13-6-2)14-7-3/h4,9-10,17,25H,5-7,11-15H2,1-3H3/b10-9+. The number of urea groups is 1. The number of amides is 2. The molecule has 1 aliphatic rings. The van der Waals surface area contributed by atoms with E-state index in [2.05, 4.69) is 43.0 Å². The molecule has 2 heterocycles. The number of hydrogen-bond donors (Lipinski definition) is 1. The predicted octanol–water partition coefficient (Wildman–Crippen LogP) is 3.97. The second-order valence-corrected chi connectivity index (χ2v) is 7.85. The summed E-state index contributed by atoms with van der Waals surface area (Å²) in [6, 6.07) is -0.277. The van der Waals surface area contributed by atoms with Crippen LogP contribution in [0, 0.1) is 12.3 Å². The third-order valence-electron chi connectivity index (χ3n) is 4.82. The van der Waals surface area contributed by atoms with Gasteiger partial charge in [-0.25, -0.2) is 9.69 Å². The molecule has 0 aliphatic carbocycles. The Morgan fingerprint density at radius 1 is 1.30 bits per heavy atom. The van der Waals surface area contributed by atoms with Crippen LogP contribution in [0.4, 0.5) is 9.93 Å². The maximum atomic E-state index is 13.3. The number of rotatable bonds is 9. The summed E-state index contributed by atoms with van der Waals surface area (Å²) in [7, 11) is 0. The third kappa shape index (κ3) is 4.69. The zero-order chi connectivity index (χ0) is 19.9. The zero-order valence-electron chi connectivity index (χ0n) is 16.5. The Balaban J connectivity index is 2.28. The molecule has 2 amide bonds. The Hall–Kier alpha value is -1.91. The van der Waals surface area contributed by atoms with Gasteiger partial charge in [-0.1, -0.05) is 63.0 Å². The number of carbonyl (C=O) groups excluding carboxylic acids is 1. The van der Waals surface area contributed by atoms with Crippen LogP contribution < -0.4 is 4.90 Å². The van der Waals surface area contributed by atoms with Crippen LogP contribution in [0.5, 0.6) is 0 Å². The van der Waals surface area contributed by atoms with Gasteiger partial charge in [0.05, 0.1) is 0 Å². The second-order valence-electron chi connectivity index (χ2n) is 6.81. The molecule has 148 valence electrons. The Labute approximate surface area is 166 Å². The van der Waals surface area contributed by atoms with E-state index in [0.717, 1.165) is 37.1 Å². The van der Waals surface area contributed by atoms with Gasteiger partial charge < -0.3 is 10.0 Å². The molecule has 0 spiro atoms. The fourth-order valence-electron chi connectivity index (χ4n) is 3.55. The first kappa shape index (κ1) is 21.4. The SMILES string of the molecule is C#CC(CCC)(CCC)N1CCC(O)N(c2nnc(C/C=C/CC)s2)C1=O. The van der Waals surface area contributed by atoms with Gasteiger partial charge in [-0.15, -0.1) is 16.6 Å². The number of anilines is 1. The van der Waals surface area contributed by atoms with E-state index >= 15 is 0 Å². The highest BCUT2D eigenvalue weighted by atomic mass is 32.1. The Kier molecular flexibility index (Phi) is 7.81. The number of aliphatic hydroxyl groups is 1. The van der Waals surface area contributed by atoms with Crippen molar-refractivity contribution < 1.29 is 9.90 Å². The summed E-state index contributed by atoms with van der Waals surface area (Å²) >= 11 is 1.34. The van der Waals surface area contributed by atoms with Crippen molar-refractivity contribution in [2.24, 2.45) is 0 Å². The van der Waals surface area contributed by atoms with Gasteiger partial charge in [0, 0.05) is 19.4 Å². The molecule has 7 heteroatoms. The van der Waals surface area contributed by atoms with Crippen LogP contribution in [0.25, 0.3) is 0 Å². The highest BCUT2D eigenvalue weighted by Crippen LogP contribution is 2.34. The van der Waals surface area contributed by atoms with Crippen molar-refractivity contribution in [3.63, 3.8) is 0 Å². The molecule has 1 aliphatic heterocycles. The maximum absolute atomic E-state index is 13.3. The van der Waals surface area contributed by atoms with Crippen LogP contribution in [0.1, 0.15) is 64.3 Å². The molecule has 0 radical (unpaired) electrons. The summed E-state index contributed by atoms with van der Waals surface area (Å²) in [5.41, 5.74) is -0.615. The van der Waals surface area contributed by atoms with Gasteiger partial charge in [0.15, 0.2) is 0 Å². The van der Waals surface area contributed by atoms with Gasteiger partial charge in [-0.2, -0.15) is 0 Å². The lowest BCUT2D eigenvalue weighted by Gasteiger charge is -2.46. The van der Waals surface area contributed by atoms with Crippen LogP contribution in [-0.2, 0) is 6.42 Å². The van der Waals surface area contributed by atoms with E-state index < -0.39 is 11.8 Å². The highest BCUT2D eigenvalue weighted by Gasteiger charge is 2.44. The Bertz CT molecular complexity index is 688. The zero-order valence-corrected chi connectivity index (χ0v) is 17.3. The van der Waals surface area contributed by atoms with E-state index in [1.807, 2.05) is 6.08 Å². The fraction of sp³-hybridized carbons (Fsp3) is 0.650. The minimum Gasteiger partial charge on any atom is -0.373 e. The minimum atomic E-state index is -0.903. The molecule has 0 aromatic carbocycles. The van der Waals surface area contributed by atoms with Gasteiger partial charge in [-0.05, 0) is 19.3 Å². The van der Waals surface area contributed by atoms with Crippen LogP contribution in [0.2, 0.25) is 0 Å². The van der Waals surface area contributed by atoms with Crippen molar-refractivity contribution in [3.8, 4) is 12.3 Å². The number of nitrogens with zero attached hydrogens (tertiary/aromatic N) is 4. The van der Waals surface area contributed by atoms with Crippen molar-refractivity contribution in [1.29, 1.82) is 0 Å². The highest BCUT2D eigenvalue weighted by molar-refractivity contribution is 7.15. The first-order valence-corrected chi connectivity index (χ1v) is 10.6. The number of hydrogen-bond acceptors (Lipinski definition) is 5. The summed E-state index contributed by atoms with van der Waals surface area (Å²) in [5, 5.41) is 20.0. The van der Waals surface area contributed by atoms with Crippen molar-refractivity contribution >= 4 is 22.5 Å². The molecule has 1 N–H and O–H groups in total. The first-order chi connectivity index (χ1) is 13.0. The van der Waals surface area contributed by atoms with E-state index in [4.69, 9.17) is 6.42 Å². The van der Waals surface area contributed by atoms with Gasteiger partial charge in [0.1, 0.15) is 16.8 Å². The molecule has 6 nitrogen and oxygen atoms in total. The molecule has 27 heavy (non-hydrogen) atoms. The lowest BCUT2D eigenvalue weighted by molar-refractivity contribution is 0.0711. The predicted molar refractivity (Wildman–Crippen MR) is 110 cm³/mol. The second kappa shape index (κ2) is 9.86. The molecule has 1 aromatic rings. The van der Waals surface area contributed by atoms with E-state index in [1.54, 1.807) is 4.90 Å². The number of aromatic nitrogens is 2. The normalized spacial score (nSPS) is 18.3. The molecular formula is C20H30N4O2S. The van der Waals surface area contributed by atoms with Gasteiger partial charge in [0.25, 0.3) is 0 Å². The first-order valence-electron chi connectivity index (χ1n) is 9.77. The lowest BCUT2D eigenvalue weighted by Crippen LogP contribution is -2.62. The van der Waals surface area contributed by atoms with Crippen molar-refractivity contribution in [3.05, 3.63) is 17.2 Å². The van der Waals surface area contributed by atoms with E-state index in [9.17, 15) is 9.90 Å². The maximum Gasteiger partial charge on any atom is 0.329 e. The summed E-state index contributed by atoms with van der Waals surface area (Å²) in [5.74, 6) is 2.90. The molecule has 0 saturated carbocycles. The molecule has 1 fully saturated rings. The average molecular weight is 391 g/mol. The van der Waals surface area contributed by atoms with Crippen molar-refractivity contribution in [1.82, 2.24) is 15.1 Å². The third-order valence-corrected chi connectivity index (χ3v) is 5.76. The van der Waals surface area contributed by atoms with E-state index in [1.165, 1.54) is 16.2 Å². The van der Waals surface area contributed by atoms with Gasteiger partial charge in [-0.3, -0.25) is 0 Å². The summed E-state index contributed by atoms with van der Waals surface area (Å²) < 4.78 is 0. The summed E-state index contributed by atoms with van der Waals surface area (Å²) in [6.45, 7) is 6.67. The topological polar surface area (TPSA) is 69.6 Å². The van der Waals surface area contributed by atoms with Crippen molar-refractivity contribution in [2.75, 3.05) is 11.4 Å². The van der Waals surface area contributed by atoms with Crippen LogP contribution in [0.3, 0.4) is 0 Å². The Morgan fingerprint density at radius 2 is 2.00 bits per heavy atom. The molecule has 1 unspecified atom stereocenters. The largest absolute Gasteiger partial charge is 0.373 e. The minimum absolute atomic E-state index is 0.277. The number of terminal acetylenes is 1. The number of aliphatic hydroxyl groups excluding tert-OH is 1. The quantitative estimate of drug-likeness (QED) is 0.512. The Morgan fingerprint density at radius 3 is 2.59 bits per heavy atom. The lowest BCUT2D eigenvalue weighted by atomic mass is 9.87. The molecular weight excluding hydrogens is 360 g/mol. The van der Waals surface area contributed by atoms with Gasteiger partial charge in [0.2, 0.25) is 5.13 Å². The molecule has 1 atom stereocenters. The monoisotopic (exact) mass is 390 g/mol. The number of carbonyl (C=O) groups is 1. The summed E-state index contributed by atoms with van der Waals surface area (Å²) in [6.07, 6.45) is 14.5. The molecule has 0 bridgehead atoms. The molecule has 1 aromatic heterocycles. The number of allylic oxidation sites excluding steroid dienone is 2. The van der Waals surface area contributed by atoms with Crippen molar-refractivity contribution in [2.45, 2.75) is 77.5 Å². The molecule has 2 rings (SSSR count). The molecule has 1 saturated heterocycles. The van der Waals surface area contributed by atoms with E-state index in [0.29, 0.717) is 24.5 Å². The van der Waals surface area contributed by atoms with E-state index in [-0.39, 0.29) is 6.03 Å². The van der Waals surface area contributed by atoms with Crippen LogP contribution in [-0.4, -0.2) is 44.5 Å². The average Bonchev–Trinajstić information content (AvgIpc) is 3.10. The van der Waals surface area contributed by atoms with Crippen LogP contribution in [0.15, 0.2) is 12.2 Å². The smallest absolute Gasteiger partial charge is 0.329 e. The summed E-state index contributed by atoms with van der Waals surface area (Å²) in [4.78, 5) is 16.4. The van der Waals surface area contributed by atoms with Crippen LogP contribution >= 0.6 is 11.3 Å². The fourth-order valence-corrected chi connectivity index (χ4v) is 4.40.